The molecule has 0 bridgehead atoms. The highest BCUT2D eigenvalue weighted by Gasteiger charge is 2.12. The van der Waals surface area contributed by atoms with Gasteiger partial charge in [-0.25, -0.2) is 4.98 Å². The Hall–Kier alpha value is -2.54. The number of amides is 1. The lowest BCUT2D eigenvalue weighted by Crippen LogP contribution is -2.23. The summed E-state index contributed by atoms with van der Waals surface area (Å²) < 4.78 is 1.71. The van der Waals surface area contributed by atoms with Crippen molar-refractivity contribution in [1.29, 1.82) is 0 Å². The van der Waals surface area contributed by atoms with Gasteiger partial charge in [-0.15, -0.1) is 11.3 Å². The molecule has 3 aromatic rings. The molecule has 0 fully saturated rings. The van der Waals surface area contributed by atoms with Gasteiger partial charge in [-0.1, -0.05) is 6.07 Å². The van der Waals surface area contributed by atoms with E-state index < -0.39 is 0 Å². The second kappa shape index (κ2) is 6.07. The first kappa shape index (κ1) is 14.4. The number of aryl methyl sites for hydroxylation is 2. The lowest BCUT2D eigenvalue weighted by molar-refractivity contribution is 0.0946. The van der Waals surface area contributed by atoms with Gasteiger partial charge in [0.1, 0.15) is 10.7 Å². The van der Waals surface area contributed by atoms with Crippen LogP contribution in [0.5, 0.6) is 0 Å². The smallest absolute Gasteiger partial charge is 0.271 e. The van der Waals surface area contributed by atoms with E-state index in [4.69, 9.17) is 0 Å². The number of nitrogens with one attached hydrogen (secondary N) is 1. The summed E-state index contributed by atoms with van der Waals surface area (Å²) in [5, 5.41) is 9.48. The minimum absolute atomic E-state index is 0.199. The molecule has 6 nitrogen and oxygen atoms in total. The topological polar surface area (TPSA) is 72.7 Å². The number of carbonyl (C=O) groups excluding carboxylic acids is 1. The fourth-order valence-electron chi connectivity index (χ4n) is 2.00. The number of hydrogen-bond donors (Lipinski definition) is 1. The van der Waals surface area contributed by atoms with Gasteiger partial charge in [0.25, 0.3) is 5.91 Å². The van der Waals surface area contributed by atoms with Gasteiger partial charge in [0.2, 0.25) is 0 Å². The van der Waals surface area contributed by atoms with Crippen molar-refractivity contribution in [1.82, 2.24) is 25.1 Å². The molecule has 0 saturated heterocycles. The molecule has 0 saturated carbocycles. The quantitative estimate of drug-likeness (QED) is 0.801. The van der Waals surface area contributed by atoms with E-state index in [2.05, 4.69) is 20.4 Å². The van der Waals surface area contributed by atoms with E-state index in [1.165, 1.54) is 11.3 Å². The highest BCUT2D eigenvalue weighted by atomic mass is 32.1. The zero-order chi connectivity index (χ0) is 15.5. The Morgan fingerprint density at radius 3 is 2.95 bits per heavy atom. The van der Waals surface area contributed by atoms with Gasteiger partial charge in [-0.3, -0.25) is 14.5 Å². The molecule has 3 aromatic heterocycles. The third-order valence-corrected chi connectivity index (χ3v) is 3.96. The number of aromatic nitrogens is 4. The first-order valence-corrected chi connectivity index (χ1v) is 7.65. The number of nitrogens with zero attached hydrogens (tertiary/aromatic N) is 4. The normalized spacial score (nSPS) is 10.6. The van der Waals surface area contributed by atoms with Crippen molar-refractivity contribution in [2.45, 2.75) is 13.5 Å². The van der Waals surface area contributed by atoms with E-state index >= 15 is 0 Å². The van der Waals surface area contributed by atoms with Gasteiger partial charge in [0.05, 0.1) is 18.4 Å². The van der Waals surface area contributed by atoms with E-state index in [0.29, 0.717) is 12.2 Å². The van der Waals surface area contributed by atoms with Gasteiger partial charge in [-0.2, -0.15) is 5.10 Å². The van der Waals surface area contributed by atoms with Crippen molar-refractivity contribution in [3.63, 3.8) is 0 Å². The number of carbonyl (C=O) groups is 1. The zero-order valence-corrected chi connectivity index (χ0v) is 13.1. The van der Waals surface area contributed by atoms with Crippen LogP contribution in [-0.4, -0.2) is 25.7 Å². The third-order valence-electron chi connectivity index (χ3n) is 3.06. The average Bonchev–Trinajstić information content (AvgIpc) is 3.13. The SMILES string of the molecule is Cc1cccc(CNC(=O)c2csc(-c3cnn(C)c3)n2)n1. The summed E-state index contributed by atoms with van der Waals surface area (Å²) >= 11 is 1.43. The molecule has 112 valence electrons. The Morgan fingerprint density at radius 1 is 1.36 bits per heavy atom. The van der Waals surface area contributed by atoms with Crippen LogP contribution in [0, 0.1) is 6.92 Å². The highest BCUT2D eigenvalue weighted by molar-refractivity contribution is 7.13. The number of hydrogen-bond acceptors (Lipinski definition) is 5. The summed E-state index contributed by atoms with van der Waals surface area (Å²) in [5.74, 6) is -0.199. The van der Waals surface area contributed by atoms with E-state index in [9.17, 15) is 4.79 Å². The molecule has 0 aliphatic carbocycles. The van der Waals surface area contributed by atoms with Gasteiger partial charge in [-0.05, 0) is 19.1 Å². The summed E-state index contributed by atoms with van der Waals surface area (Å²) in [6, 6.07) is 5.73. The molecule has 0 aliphatic heterocycles. The fraction of sp³-hybridized carbons (Fsp3) is 0.200. The molecule has 3 heterocycles. The zero-order valence-electron chi connectivity index (χ0n) is 12.3. The van der Waals surface area contributed by atoms with Gasteiger partial charge in [0, 0.05) is 29.9 Å². The van der Waals surface area contributed by atoms with Crippen molar-refractivity contribution < 1.29 is 4.79 Å². The monoisotopic (exact) mass is 313 g/mol. The largest absolute Gasteiger partial charge is 0.345 e. The molecular formula is C15H15N5OS. The molecule has 3 rings (SSSR count). The Kier molecular flexibility index (Phi) is 3.97. The van der Waals surface area contributed by atoms with Gasteiger partial charge >= 0.3 is 0 Å². The van der Waals surface area contributed by atoms with Crippen molar-refractivity contribution in [3.05, 3.63) is 53.1 Å². The van der Waals surface area contributed by atoms with Crippen LogP contribution in [0.25, 0.3) is 10.6 Å². The first-order valence-electron chi connectivity index (χ1n) is 6.77. The first-order chi connectivity index (χ1) is 10.6. The highest BCUT2D eigenvalue weighted by Crippen LogP contribution is 2.22. The number of thiazole rings is 1. The Balaban J connectivity index is 1.67. The Morgan fingerprint density at radius 2 is 2.23 bits per heavy atom. The van der Waals surface area contributed by atoms with Crippen LogP contribution in [0.2, 0.25) is 0 Å². The predicted octanol–water partition coefficient (Wildman–Crippen LogP) is 2.18. The molecule has 0 radical (unpaired) electrons. The van der Waals surface area contributed by atoms with Crippen LogP contribution < -0.4 is 5.32 Å². The summed E-state index contributed by atoms with van der Waals surface area (Å²) in [5.41, 5.74) is 3.08. The lowest BCUT2D eigenvalue weighted by Gasteiger charge is -2.03. The van der Waals surface area contributed by atoms with Crippen LogP contribution >= 0.6 is 11.3 Å². The molecule has 22 heavy (non-hydrogen) atoms. The van der Waals surface area contributed by atoms with Gasteiger partial charge in [0.15, 0.2) is 0 Å². The minimum Gasteiger partial charge on any atom is -0.345 e. The number of rotatable bonds is 4. The molecule has 7 heteroatoms. The maximum atomic E-state index is 12.1. The van der Waals surface area contributed by atoms with Crippen LogP contribution in [0.4, 0.5) is 0 Å². The maximum absolute atomic E-state index is 12.1. The average molecular weight is 313 g/mol. The third kappa shape index (κ3) is 3.20. The van der Waals surface area contributed by atoms with Crippen molar-refractivity contribution in [2.75, 3.05) is 0 Å². The molecule has 0 aromatic carbocycles. The molecule has 0 spiro atoms. The van der Waals surface area contributed by atoms with Crippen molar-refractivity contribution >= 4 is 17.2 Å². The minimum atomic E-state index is -0.199. The molecule has 0 unspecified atom stereocenters. The molecule has 1 N–H and O–H groups in total. The number of pyridine rings is 1. The van der Waals surface area contributed by atoms with E-state index in [1.54, 1.807) is 16.3 Å². The van der Waals surface area contributed by atoms with E-state index in [1.807, 2.05) is 38.4 Å². The Labute approximate surface area is 131 Å². The van der Waals surface area contributed by atoms with Crippen LogP contribution in [0.15, 0.2) is 36.0 Å². The van der Waals surface area contributed by atoms with Crippen molar-refractivity contribution in [2.24, 2.45) is 7.05 Å². The summed E-state index contributed by atoms with van der Waals surface area (Å²) in [4.78, 5) is 20.8. The van der Waals surface area contributed by atoms with Crippen LogP contribution in [-0.2, 0) is 13.6 Å². The molecule has 0 atom stereocenters. The van der Waals surface area contributed by atoms with Gasteiger partial charge < -0.3 is 5.32 Å². The second-order valence-corrected chi connectivity index (χ2v) is 5.75. The van der Waals surface area contributed by atoms with E-state index in [-0.39, 0.29) is 5.91 Å². The molecular weight excluding hydrogens is 298 g/mol. The van der Waals surface area contributed by atoms with E-state index in [0.717, 1.165) is 22.0 Å². The maximum Gasteiger partial charge on any atom is 0.271 e. The lowest BCUT2D eigenvalue weighted by atomic mass is 10.3. The Bertz CT molecular complexity index is 808. The summed E-state index contributed by atoms with van der Waals surface area (Å²) in [7, 11) is 1.85. The summed E-state index contributed by atoms with van der Waals surface area (Å²) in [6.45, 7) is 2.31. The predicted molar refractivity (Wildman–Crippen MR) is 84.5 cm³/mol. The molecule has 0 aliphatic rings. The second-order valence-electron chi connectivity index (χ2n) is 4.89. The van der Waals surface area contributed by atoms with Crippen LogP contribution in [0.3, 0.4) is 0 Å². The fourth-order valence-corrected chi connectivity index (χ4v) is 2.78. The van der Waals surface area contributed by atoms with Crippen LogP contribution in [0.1, 0.15) is 21.9 Å². The standard InChI is InChI=1S/C15H15N5OS/c1-10-4-3-5-12(18-10)7-16-14(21)13-9-22-15(19-13)11-6-17-20(2)8-11/h3-6,8-9H,7H2,1-2H3,(H,16,21). The summed E-state index contributed by atoms with van der Waals surface area (Å²) in [6.07, 6.45) is 3.61. The van der Waals surface area contributed by atoms with Crippen molar-refractivity contribution in [3.8, 4) is 10.6 Å². The molecule has 1 amide bonds.